The van der Waals surface area contributed by atoms with E-state index in [-0.39, 0.29) is 37.1 Å². The number of phenolic OH excluding ortho intramolecular Hbond substituents is 1. The fourth-order valence-electron chi connectivity index (χ4n) is 4.23. The normalized spacial score (nSPS) is 10.9. The van der Waals surface area contributed by atoms with Crippen LogP contribution in [0.1, 0.15) is 28.5 Å². The summed E-state index contributed by atoms with van der Waals surface area (Å²) in [6.45, 7) is 2.23. The smallest absolute Gasteiger partial charge is 0.340 e. The number of para-hydroxylation sites is 1. The van der Waals surface area contributed by atoms with Crippen LogP contribution in [-0.4, -0.2) is 46.2 Å². The van der Waals surface area contributed by atoms with Gasteiger partial charge in [0.15, 0.2) is 11.6 Å². The second-order valence-corrected chi connectivity index (χ2v) is 8.45. The van der Waals surface area contributed by atoms with E-state index in [2.05, 4.69) is 4.98 Å². The summed E-state index contributed by atoms with van der Waals surface area (Å²) in [4.78, 5) is 19.3. The van der Waals surface area contributed by atoms with Crippen molar-refractivity contribution in [3.05, 3.63) is 77.5 Å². The fraction of sp³-hybridized carbons (Fsp3) is 0.259. The van der Waals surface area contributed by atoms with Crippen molar-refractivity contribution in [2.45, 2.75) is 20.1 Å². The van der Waals surface area contributed by atoms with E-state index >= 15 is 0 Å². The summed E-state index contributed by atoms with van der Waals surface area (Å²) in [5, 5.41) is 12.0. The molecule has 0 fully saturated rings. The highest BCUT2D eigenvalue weighted by Crippen LogP contribution is 2.41. The molecule has 0 unspecified atom stereocenters. The summed E-state index contributed by atoms with van der Waals surface area (Å²) in [5.74, 6) is -0.871. The molecule has 0 saturated carbocycles. The molecule has 1 N–H and O–H groups in total. The van der Waals surface area contributed by atoms with E-state index in [0.29, 0.717) is 39.8 Å². The molecule has 7 nitrogen and oxygen atoms in total. The number of ether oxygens (including phenoxy) is 2. The summed E-state index contributed by atoms with van der Waals surface area (Å²) in [5.41, 5.74) is 3.46. The van der Waals surface area contributed by atoms with Crippen LogP contribution < -0.4 is 4.74 Å². The minimum absolute atomic E-state index is 0. The molecule has 9 heteroatoms. The number of halogens is 2. The number of hydrogen-bond donors (Lipinski definition) is 1. The average Bonchev–Trinajstić information content (AvgIpc) is 3.12. The van der Waals surface area contributed by atoms with Gasteiger partial charge in [-0.05, 0) is 45.3 Å². The number of rotatable bonds is 8. The van der Waals surface area contributed by atoms with Gasteiger partial charge in [-0.1, -0.05) is 18.2 Å². The zero-order valence-corrected chi connectivity index (χ0v) is 21.4. The molecule has 0 bridgehead atoms. The number of aromatic nitrogens is 2. The Labute approximate surface area is 215 Å². The van der Waals surface area contributed by atoms with Crippen LogP contribution in [0.5, 0.6) is 11.5 Å². The number of carbonyl (C=O) groups excluding carboxylic acids is 1. The van der Waals surface area contributed by atoms with E-state index in [0.717, 1.165) is 5.56 Å². The molecule has 0 saturated heterocycles. The fourth-order valence-corrected chi connectivity index (χ4v) is 4.23. The van der Waals surface area contributed by atoms with Crippen LogP contribution in [0.3, 0.4) is 0 Å². The largest absolute Gasteiger partial charge is 0.507 e. The van der Waals surface area contributed by atoms with Crippen molar-refractivity contribution in [2.75, 3.05) is 20.7 Å². The minimum Gasteiger partial charge on any atom is -0.507 e. The maximum atomic E-state index is 14.2. The van der Waals surface area contributed by atoms with Gasteiger partial charge in [0.25, 0.3) is 0 Å². The lowest BCUT2D eigenvalue weighted by Gasteiger charge is -2.17. The first kappa shape index (κ1) is 27.0. The maximum absolute atomic E-state index is 14.2. The third-order valence-corrected chi connectivity index (χ3v) is 5.81. The molecule has 0 spiro atoms. The summed E-state index contributed by atoms with van der Waals surface area (Å²) in [7, 11) is 5.59. The number of aromatic hydroxyl groups is 1. The number of carbonyl (C=O) groups is 1. The van der Waals surface area contributed by atoms with E-state index in [4.69, 9.17) is 9.47 Å². The molecular formula is C27H29ClFN3O4. The number of nitrogens with zero attached hydrogens (tertiary/aromatic N) is 3. The van der Waals surface area contributed by atoms with Gasteiger partial charge in [-0.15, -0.1) is 12.4 Å². The van der Waals surface area contributed by atoms with Gasteiger partial charge in [-0.2, -0.15) is 0 Å². The second-order valence-electron chi connectivity index (χ2n) is 8.45. The summed E-state index contributed by atoms with van der Waals surface area (Å²) in [6, 6.07) is 11.6. The number of esters is 1. The van der Waals surface area contributed by atoms with Crippen LogP contribution >= 0.6 is 12.4 Å². The zero-order valence-electron chi connectivity index (χ0n) is 20.6. The standard InChI is InChI=1S/C27H28FN3O4.ClH/c1-5-34-27(33)25-22(16-35-23-11-7-6-10-20(23)28)31(4)21-13-18(17-9-8-12-29-14-17)26(32)19(24(21)25)15-30(2)3;/h6-14,32H,5,15-16H2,1-4H3;1H. The van der Waals surface area contributed by atoms with E-state index in [1.54, 1.807) is 37.5 Å². The molecule has 4 rings (SSSR count). The lowest BCUT2D eigenvalue weighted by molar-refractivity contribution is 0.0525. The summed E-state index contributed by atoms with van der Waals surface area (Å²) >= 11 is 0. The van der Waals surface area contributed by atoms with Crippen molar-refractivity contribution in [3.63, 3.8) is 0 Å². The molecule has 190 valence electrons. The molecule has 0 aliphatic carbocycles. The Bertz CT molecular complexity index is 1370. The Hall–Kier alpha value is -3.62. The molecule has 2 aromatic heterocycles. The Morgan fingerprint density at radius 2 is 1.94 bits per heavy atom. The van der Waals surface area contributed by atoms with Gasteiger partial charge in [0, 0.05) is 48.1 Å². The molecular weight excluding hydrogens is 485 g/mol. The molecule has 36 heavy (non-hydrogen) atoms. The van der Waals surface area contributed by atoms with Crippen molar-refractivity contribution in [3.8, 4) is 22.6 Å². The van der Waals surface area contributed by atoms with Gasteiger partial charge in [0.05, 0.1) is 23.4 Å². The predicted molar refractivity (Wildman–Crippen MR) is 139 cm³/mol. The lowest BCUT2D eigenvalue weighted by atomic mass is 9.96. The third kappa shape index (κ3) is 5.15. The Balaban J connectivity index is 0.00000361. The first-order chi connectivity index (χ1) is 16.8. The van der Waals surface area contributed by atoms with Crippen molar-refractivity contribution in [1.82, 2.24) is 14.5 Å². The zero-order chi connectivity index (χ0) is 25.1. The van der Waals surface area contributed by atoms with Crippen molar-refractivity contribution < 1.29 is 23.8 Å². The molecule has 2 heterocycles. The average molecular weight is 514 g/mol. The predicted octanol–water partition coefficient (Wildman–Crippen LogP) is 5.32. The number of aryl methyl sites for hydroxylation is 1. The third-order valence-electron chi connectivity index (χ3n) is 5.81. The highest BCUT2D eigenvalue weighted by Gasteiger charge is 2.28. The molecule has 0 aliphatic heterocycles. The quantitative estimate of drug-likeness (QED) is 0.321. The summed E-state index contributed by atoms with van der Waals surface area (Å²) < 4.78 is 27.2. The molecule has 4 aromatic rings. The van der Waals surface area contributed by atoms with E-state index in [1.165, 1.54) is 12.1 Å². The first-order valence-corrected chi connectivity index (χ1v) is 11.3. The van der Waals surface area contributed by atoms with Crippen LogP contribution in [0.15, 0.2) is 54.9 Å². The minimum atomic E-state index is -0.529. The Kier molecular flexibility index (Phi) is 8.55. The van der Waals surface area contributed by atoms with Crippen molar-refractivity contribution in [1.29, 1.82) is 0 Å². The van der Waals surface area contributed by atoms with Gasteiger partial charge >= 0.3 is 5.97 Å². The van der Waals surface area contributed by atoms with Crippen molar-refractivity contribution >= 4 is 29.3 Å². The molecule has 0 aliphatic rings. The van der Waals surface area contributed by atoms with E-state index < -0.39 is 11.8 Å². The van der Waals surface area contributed by atoms with Crippen LogP contribution in [0, 0.1) is 5.82 Å². The lowest BCUT2D eigenvalue weighted by Crippen LogP contribution is -2.14. The number of pyridine rings is 1. The van der Waals surface area contributed by atoms with E-state index in [9.17, 15) is 14.3 Å². The van der Waals surface area contributed by atoms with Crippen LogP contribution in [0.25, 0.3) is 22.0 Å². The number of fused-ring (bicyclic) bond motifs is 1. The number of hydrogen-bond acceptors (Lipinski definition) is 6. The first-order valence-electron chi connectivity index (χ1n) is 11.3. The van der Waals surface area contributed by atoms with Crippen LogP contribution in [0.2, 0.25) is 0 Å². The van der Waals surface area contributed by atoms with E-state index in [1.807, 2.05) is 42.7 Å². The van der Waals surface area contributed by atoms with Crippen LogP contribution in [-0.2, 0) is 24.9 Å². The van der Waals surface area contributed by atoms with Crippen LogP contribution in [0.4, 0.5) is 4.39 Å². The van der Waals surface area contributed by atoms with Gasteiger partial charge in [0.1, 0.15) is 12.4 Å². The monoisotopic (exact) mass is 513 g/mol. The second kappa shape index (κ2) is 11.4. The molecule has 0 atom stereocenters. The Morgan fingerprint density at radius 3 is 2.58 bits per heavy atom. The molecule has 0 amide bonds. The molecule has 0 radical (unpaired) electrons. The van der Waals surface area contributed by atoms with Crippen molar-refractivity contribution in [2.24, 2.45) is 7.05 Å². The number of phenols is 1. The topological polar surface area (TPSA) is 76.8 Å². The number of benzene rings is 2. The Morgan fingerprint density at radius 1 is 1.19 bits per heavy atom. The summed E-state index contributed by atoms with van der Waals surface area (Å²) in [6.07, 6.45) is 3.34. The van der Waals surface area contributed by atoms with Gasteiger partial charge in [-0.3, -0.25) is 4.98 Å². The highest BCUT2D eigenvalue weighted by molar-refractivity contribution is 6.09. The SMILES string of the molecule is CCOC(=O)c1c(COc2ccccc2F)n(C)c2cc(-c3cccnc3)c(O)c(CN(C)C)c12.Cl. The van der Waals surface area contributed by atoms with Gasteiger partial charge in [0.2, 0.25) is 0 Å². The van der Waals surface area contributed by atoms with Gasteiger partial charge in [-0.25, -0.2) is 9.18 Å². The maximum Gasteiger partial charge on any atom is 0.340 e. The van der Waals surface area contributed by atoms with Gasteiger partial charge < -0.3 is 24.0 Å². The molecule has 2 aromatic carbocycles. The highest BCUT2D eigenvalue weighted by atomic mass is 35.5.